The molecule has 0 spiro atoms. The summed E-state index contributed by atoms with van der Waals surface area (Å²) >= 11 is 0. The maximum Gasteiger partial charge on any atom is 0.506 e. The van der Waals surface area contributed by atoms with Crippen LogP contribution in [0.3, 0.4) is 0 Å². The number of benzene rings is 3. The van der Waals surface area contributed by atoms with Crippen LogP contribution >= 0.6 is 0 Å². The van der Waals surface area contributed by atoms with Gasteiger partial charge in [-0.05, 0) is 64.8 Å². The molecule has 3 aromatic rings. The molecule has 4 heteroatoms. The zero-order valence-electron chi connectivity index (χ0n) is 18.0. The third-order valence-electron chi connectivity index (χ3n) is 6.47. The summed E-state index contributed by atoms with van der Waals surface area (Å²) in [6, 6.07) is 26.0. The van der Waals surface area contributed by atoms with Gasteiger partial charge in [0.2, 0.25) is 0 Å². The summed E-state index contributed by atoms with van der Waals surface area (Å²) in [5.74, 6) is 0. The van der Waals surface area contributed by atoms with Crippen LogP contribution in [-0.4, -0.2) is 41.9 Å². The predicted molar refractivity (Wildman–Crippen MR) is 128 cm³/mol. The van der Waals surface area contributed by atoms with E-state index in [0.717, 1.165) is 32.4 Å². The zero-order chi connectivity index (χ0) is 21.9. The van der Waals surface area contributed by atoms with E-state index in [1.165, 1.54) is 39.0 Å². The first-order chi connectivity index (χ1) is 15.7. The van der Waals surface area contributed by atoms with Crippen molar-refractivity contribution in [3.63, 3.8) is 0 Å². The Morgan fingerprint density at radius 3 is 1.91 bits per heavy atom. The molecule has 5 rings (SSSR count). The highest BCUT2D eigenvalue weighted by Gasteiger charge is 2.24. The first kappa shape index (κ1) is 20.5. The Labute approximate surface area is 188 Å². The highest BCUT2D eigenvalue weighted by Crippen LogP contribution is 2.45. The van der Waals surface area contributed by atoms with Gasteiger partial charge in [-0.25, -0.2) is 4.79 Å². The summed E-state index contributed by atoms with van der Waals surface area (Å²) in [4.78, 5) is 13.2. The summed E-state index contributed by atoms with van der Waals surface area (Å²) in [6.07, 6.45) is 3.63. The van der Waals surface area contributed by atoms with Crippen molar-refractivity contribution in [1.29, 1.82) is 0 Å². The first-order valence-corrected chi connectivity index (χ1v) is 11.3. The van der Waals surface area contributed by atoms with E-state index in [0.29, 0.717) is 6.54 Å². The van der Waals surface area contributed by atoms with Crippen LogP contribution in [0.15, 0.2) is 78.9 Å². The van der Waals surface area contributed by atoms with E-state index in [2.05, 4.69) is 83.8 Å². The molecule has 0 bridgehead atoms. The average Bonchev–Trinajstić information content (AvgIpc) is 2.93. The van der Waals surface area contributed by atoms with Gasteiger partial charge in [0.25, 0.3) is 0 Å². The van der Waals surface area contributed by atoms with E-state index >= 15 is 0 Å². The number of hydrogen-bond acceptors (Lipinski definition) is 3. The van der Waals surface area contributed by atoms with Gasteiger partial charge in [0.15, 0.2) is 0 Å². The van der Waals surface area contributed by atoms with Gasteiger partial charge >= 0.3 is 6.16 Å². The molecule has 0 amide bonds. The van der Waals surface area contributed by atoms with Crippen molar-refractivity contribution in [2.75, 3.05) is 19.6 Å². The Morgan fingerprint density at radius 2 is 1.38 bits per heavy atom. The molecule has 2 aliphatic rings. The van der Waals surface area contributed by atoms with E-state index < -0.39 is 6.16 Å². The number of rotatable bonds is 4. The summed E-state index contributed by atoms with van der Waals surface area (Å²) in [7, 11) is 0. The van der Waals surface area contributed by atoms with Crippen molar-refractivity contribution < 1.29 is 14.6 Å². The number of piperidine rings is 1. The molecule has 1 heterocycles. The monoisotopic (exact) mass is 425 g/mol. The Morgan fingerprint density at radius 1 is 0.875 bits per heavy atom. The standard InChI is InChI=1S/C28H27NO3/c30-28(31)32-20-9-7-17-29(19-20)18-8-16-27-25-14-5-3-12-23(25)21-10-1-2-11-22(21)24-13-4-6-15-26(24)27/h1-6,10-16,20H,7-9,17-19H2,(H,30,31). The van der Waals surface area contributed by atoms with Crippen molar-refractivity contribution in [3.8, 4) is 22.3 Å². The van der Waals surface area contributed by atoms with Crippen LogP contribution in [0.1, 0.15) is 30.4 Å². The summed E-state index contributed by atoms with van der Waals surface area (Å²) in [5, 5.41) is 8.93. The highest BCUT2D eigenvalue weighted by molar-refractivity contribution is 6.01. The number of nitrogens with zero attached hydrogens (tertiary/aromatic N) is 1. The molecule has 1 aliphatic heterocycles. The smallest absolute Gasteiger partial charge is 0.450 e. The number of carbonyl (C=O) groups is 1. The fourth-order valence-corrected chi connectivity index (χ4v) is 5.07. The molecule has 1 fully saturated rings. The molecule has 3 aromatic carbocycles. The molecule has 1 unspecified atom stereocenters. The lowest BCUT2D eigenvalue weighted by Crippen LogP contribution is -2.40. The Balaban J connectivity index is 1.47. The lowest BCUT2D eigenvalue weighted by molar-refractivity contribution is 0.0140. The molecule has 32 heavy (non-hydrogen) atoms. The molecule has 1 N–H and O–H groups in total. The second kappa shape index (κ2) is 9.01. The first-order valence-electron chi connectivity index (χ1n) is 11.3. The minimum atomic E-state index is -1.18. The lowest BCUT2D eigenvalue weighted by Gasteiger charge is -2.31. The number of carboxylic acid groups (broad SMARTS) is 1. The van der Waals surface area contributed by atoms with Gasteiger partial charge in [-0.15, -0.1) is 0 Å². The molecule has 1 atom stereocenters. The quantitative estimate of drug-likeness (QED) is 0.389. The van der Waals surface area contributed by atoms with Crippen LogP contribution in [0.5, 0.6) is 0 Å². The maximum absolute atomic E-state index is 10.9. The fourth-order valence-electron chi connectivity index (χ4n) is 5.07. The zero-order valence-corrected chi connectivity index (χ0v) is 18.0. The van der Waals surface area contributed by atoms with Crippen molar-refractivity contribution in [3.05, 3.63) is 90.0 Å². The minimum absolute atomic E-state index is 0.220. The van der Waals surface area contributed by atoms with Gasteiger partial charge in [-0.1, -0.05) is 78.9 Å². The normalized spacial score (nSPS) is 17.5. The number of likely N-dealkylation sites (tertiary alicyclic amines) is 1. The molecule has 0 saturated carbocycles. The second-order valence-electron chi connectivity index (χ2n) is 8.49. The molecule has 0 radical (unpaired) electrons. The van der Waals surface area contributed by atoms with Crippen LogP contribution in [0.25, 0.3) is 27.8 Å². The lowest BCUT2D eigenvalue weighted by atomic mass is 9.92. The second-order valence-corrected chi connectivity index (χ2v) is 8.49. The molecule has 1 saturated heterocycles. The van der Waals surface area contributed by atoms with E-state index in [1.54, 1.807) is 0 Å². The van der Waals surface area contributed by atoms with Crippen molar-refractivity contribution in [2.45, 2.75) is 25.4 Å². The summed E-state index contributed by atoms with van der Waals surface area (Å²) < 4.78 is 5.02. The number of fused-ring (bicyclic) bond motifs is 5. The van der Waals surface area contributed by atoms with Crippen molar-refractivity contribution in [2.24, 2.45) is 0 Å². The topological polar surface area (TPSA) is 49.8 Å². The fraction of sp³-hybridized carbons (Fsp3) is 0.250. The van der Waals surface area contributed by atoms with Crippen molar-refractivity contribution in [1.82, 2.24) is 4.90 Å². The Hall–Kier alpha value is -3.37. The maximum atomic E-state index is 10.9. The Bertz CT molecular complexity index is 1100. The number of ether oxygens (including phenoxy) is 1. The van der Waals surface area contributed by atoms with Crippen LogP contribution in [0.4, 0.5) is 4.79 Å². The van der Waals surface area contributed by atoms with E-state index in [-0.39, 0.29) is 6.10 Å². The third kappa shape index (κ3) is 4.06. The van der Waals surface area contributed by atoms with Gasteiger partial charge in [0.05, 0.1) is 0 Å². The molecule has 0 aromatic heterocycles. The SMILES string of the molecule is O=C(O)OC1CCCN(CCC=C2c3ccccc3-c3ccccc3-c3ccccc32)C1. The van der Waals surface area contributed by atoms with Crippen LogP contribution in [0.2, 0.25) is 0 Å². The average molecular weight is 426 g/mol. The predicted octanol–water partition coefficient (Wildman–Crippen LogP) is 6.31. The van der Waals surface area contributed by atoms with Gasteiger partial charge in [0, 0.05) is 13.1 Å². The van der Waals surface area contributed by atoms with Crippen LogP contribution in [0, 0.1) is 0 Å². The molecule has 4 nitrogen and oxygen atoms in total. The largest absolute Gasteiger partial charge is 0.506 e. The molecular formula is C28H27NO3. The third-order valence-corrected chi connectivity index (χ3v) is 6.47. The number of hydrogen-bond donors (Lipinski definition) is 1. The van der Waals surface area contributed by atoms with E-state index in [1.807, 2.05) is 0 Å². The van der Waals surface area contributed by atoms with Crippen LogP contribution < -0.4 is 0 Å². The summed E-state index contributed by atoms with van der Waals surface area (Å²) in [5.41, 5.74) is 8.85. The molecule has 1 aliphatic carbocycles. The minimum Gasteiger partial charge on any atom is -0.450 e. The van der Waals surface area contributed by atoms with Crippen molar-refractivity contribution >= 4 is 11.7 Å². The van der Waals surface area contributed by atoms with Gasteiger partial charge in [0.1, 0.15) is 6.10 Å². The van der Waals surface area contributed by atoms with E-state index in [4.69, 9.17) is 9.84 Å². The molecule has 162 valence electrons. The Kier molecular flexibility index (Phi) is 5.78. The van der Waals surface area contributed by atoms with Crippen LogP contribution in [-0.2, 0) is 4.74 Å². The molecular weight excluding hydrogens is 398 g/mol. The van der Waals surface area contributed by atoms with Gasteiger partial charge in [-0.2, -0.15) is 0 Å². The highest BCUT2D eigenvalue weighted by atomic mass is 16.7. The van der Waals surface area contributed by atoms with Gasteiger partial charge in [-0.3, -0.25) is 4.90 Å². The summed E-state index contributed by atoms with van der Waals surface area (Å²) in [6.45, 7) is 2.55. The van der Waals surface area contributed by atoms with E-state index in [9.17, 15) is 4.79 Å². The van der Waals surface area contributed by atoms with Gasteiger partial charge < -0.3 is 9.84 Å².